The van der Waals surface area contributed by atoms with Gasteiger partial charge in [-0.3, -0.25) is 4.79 Å². The first-order chi connectivity index (χ1) is 9.47. The Kier molecular flexibility index (Phi) is 3.84. The molecule has 1 amide bonds. The summed E-state index contributed by atoms with van der Waals surface area (Å²) < 4.78 is 18.0. The lowest BCUT2D eigenvalue weighted by Crippen LogP contribution is -2.25. The molecule has 0 atom stereocenters. The van der Waals surface area contributed by atoms with Crippen molar-refractivity contribution in [1.82, 2.24) is 4.90 Å². The second kappa shape index (κ2) is 5.56. The van der Waals surface area contributed by atoms with Crippen molar-refractivity contribution in [2.75, 3.05) is 7.05 Å². The maximum Gasteiger partial charge on any atom is 0.371 e. The summed E-state index contributed by atoms with van der Waals surface area (Å²) in [5, 5.41) is 8.72. The normalized spacial score (nSPS) is 10.3. The molecule has 0 aliphatic heterocycles. The largest absolute Gasteiger partial charge is 0.475 e. The monoisotopic (exact) mass is 277 g/mol. The van der Waals surface area contributed by atoms with Gasteiger partial charge in [0.25, 0.3) is 5.91 Å². The van der Waals surface area contributed by atoms with Crippen molar-refractivity contribution in [2.24, 2.45) is 0 Å². The SMILES string of the molecule is CN(Cc1cccc(F)c1)C(=O)c1ccc(C(=O)O)o1. The van der Waals surface area contributed by atoms with Crippen molar-refractivity contribution in [3.8, 4) is 0 Å². The fourth-order valence-corrected chi connectivity index (χ4v) is 1.74. The number of aromatic carboxylic acids is 1. The lowest BCUT2D eigenvalue weighted by atomic mass is 10.2. The average molecular weight is 277 g/mol. The van der Waals surface area contributed by atoms with Crippen molar-refractivity contribution in [2.45, 2.75) is 6.54 Å². The molecule has 2 rings (SSSR count). The fourth-order valence-electron chi connectivity index (χ4n) is 1.74. The van der Waals surface area contributed by atoms with Gasteiger partial charge in [-0.2, -0.15) is 0 Å². The van der Waals surface area contributed by atoms with Gasteiger partial charge in [0.1, 0.15) is 5.82 Å². The zero-order valence-corrected chi connectivity index (χ0v) is 10.7. The van der Waals surface area contributed by atoms with Gasteiger partial charge in [-0.1, -0.05) is 12.1 Å². The molecule has 1 aromatic carbocycles. The van der Waals surface area contributed by atoms with E-state index in [1.54, 1.807) is 12.1 Å². The van der Waals surface area contributed by atoms with Gasteiger partial charge < -0.3 is 14.4 Å². The van der Waals surface area contributed by atoms with Crippen molar-refractivity contribution >= 4 is 11.9 Å². The number of carboxylic acid groups (broad SMARTS) is 1. The number of nitrogens with zero attached hydrogens (tertiary/aromatic N) is 1. The van der Waals surface area contributed by atoms with Crippen molar-refractivity contribution in [3.63, 3.8) is 0 Å². The Morgan fingerprint density at radius 2 is 1.95 bits per heavy atom. The minimum absolute atomic E-state index is 0.0682. The predicted molar refractivity (Wildman–Crippen MR) is 67.9 cm³/mol. The average Bonchev–Trinajstić information content (AvgIpc) is 2.87. The van der Waals surface area contributed by atoms with E-state index in [9.17, 15) is 14.0 Å². The van der Waals surface area contributed by atoms with Crippen LogP contribution in [0.15, 0.2) is 40.8 Å². The van der Waals surface area contributed by atoms with Crippen molar-refractivity contribution in [1.29, 1.82) is 0 Å². The quantitative estimate of drug-likeness (QED) is 0.931. The summed E-state index contributed by atoms with van der Waals surface area (Å²) in [5.74, 6) is -2.46. The summed E-state index contributed by atoms with van der Waals surface area (Å²) in [6.07, 6.45) is 0. The Morgan fingerprint density at radius 1 is 1.25 bits per heavy atom. The third-order valence-electron chi connectivity index (χ3n) is 2.68. The van der Waals surface area contributed by atoms with Gasteiger partial charge in [-0.15, -0.1) is 0 Å². The van der Waals surface area contributed by atoms with Gasteiger partial charge >= 0.3 is 5.97 Å². The van der Waals surface area contributed by atoms with E-state index in [0.29, 0.717) is 5.56 Å². The molecule has 0 bridgehead atoms. The lowest BCUT2D eigenvalue weighted by molar-refractivity contribution is 0.0653. The lowest BCUT2D eigenvalue weighted by Gasteiger charge is -2.15. The Hall–Kier alpha value is -2.63. The van der Waals surface area contributed by atoms with E-state index in [1.807, 2.05) is 0 Å². The molecule has 2 aromatic rings. The molecule has 0 unspecified atom stereocenters. The maximum absolute atomic E-state index is 13.0. The molecule has 1 N–H and O–H groups in total. The molecule has 0 spiro atoms. The third kappa shape index (κ3) is 3.03. The first-order valence-electron chi connectivity index (χ1n) is 5.80. The highest BCUT2D eigenvalue weighted by Gasteiger charge is 2.18. The molecule has 0 radical (unpaired) electrons. The number of halogens is 1. The second-order valence-electron chi connectivity index (χ2n) is 4.26. The van der Waals surface area contributed by atoms with Crippen molar-refractivity contribution < 1.29 is 23.5 Å². The van der Waals surface area contributed by atoms with Gasteiger partial charge in [-0.05, 0) is 29.8 Å². The number of hydrogen-bond acceptors (Lipinski definition) is 3. The number of furan rings is 1. The molecule has 0 saturated heterocycles. The summed E-state index contributed by atoms with van der Waals surface area (Å²) in [6, 6.07) is 8.40. The number of carbonyl (C=O) groups excluding carboxylic acids is 1. The van der Waals surface area contributed by atoms with E-state index in [2.05, 4.69) is 0 Å². The van der Waals surface area contributed by atoms with E-state index >= 15 is 0 Å². The molecule has 104 valence electrons. The van der Waals surface area contributed by atoms with E-state index in [1.165, 1.54) is 36.2 Å². The van der Waals surface area contributed by atoms with Crippen LogP contribution in [-0.4, -0.2) is 28.9 Å². The molecule has 0 aliphatic carbocycles. The highest BCUT2D eigenvalue weighted by Crippen LogP contribution is 2.13. The van der Waals surface area contributed by atoms with Gasteiger partial charge in [-0.25, -0.2) is 9.18 Å². The summed E-state index contributed by atoms with van der Waals surface area (Å²) in [7, 11) is 1.52. The van der Waals surface area contributed by atoms with Crippen LogP contribution in [0.5, 0.6) is 0 Å². The van der Waals surface area contributed by atoms with E-state index in [-0.39, 0.29) is 23.9 Å². The fraction of sp³-hybridized carbons (Fsp3) is 0.143. The highest BCUT2D eigenvalue weighted by molar-refractivity contribution is 5.93. The van der Waals surface area contributed by atoms with Gasteiger partial charge in [0.05, 0.1) is 0 Å². The van der Waals surface area contributed by atoms with E-state index in [4.69, 9.17) is 9.52 Å². The summed E-state index contributed by atoms with van der Waals surface area (Å²) in [4.78, 5) is 24.0. The highest BCUT2D eigenvalue weighted by atomic mass is 19.1. The number of rotatable bonds is 4. The molecule has 5 nitrogen and oxygen atoms in total. The number of benzene rings is 1. The van der Waals surface area contributed by atoms with Crippen LogP contribution in [0, 0.1) is 5.82 Å². The number of hydrogen-bond donors (Lipinski definition) is 1. The molecular formula is C14H12FNO4. The van der Waals surface area contributed by atoms with Crippen LogP contribution in [-0.2, 0) is 6.54 Å². The first-order valence-corrected chi connectivity index (χ1v) is 5.80. The topological polar surface area (TPSA) is 70.8 Å². The molecule has 1 aromatic heterocycles. The van der Waals surface area contributed by atoms with Crippen LogP contribution in [0.3, 0.4) is 0 Å². The molecule has 1 heterocycles. The number of carboxylic acids is 1. The van der Waals surface area contributed by atoms with Crippen LogP contribution < -0.4 is 0 Å². The van der Waals surface area contributed by atoms with Gasteiger partial charge in [0.15, 0.2) is 5.76 Å². The van der Waals surface area contributed by atoms with Crippen LogP contribution >= 0.6 is 0 Å². The molecule has 0 aliphatic rings. The van der Waals surface area contributed by atoms with Crippen LogP contribution in [0.1, 0.15) is 26.7 Å². The summed E-state index contributed by atoms with van der Waals surface area (Å²) in [6.45, 7) is 0.194. The standard InChI is InChI=1S/C14H12FNO4/c1-16(8-9-3-2-4-10(15)7-9)13(17)11-5-6-12(20-11)14(18)19/h2-7H,8H2,1H3,(H,18,19). The smallest absolute Gasteiger partial charge is 0.371 e. The van der Waals surface area contributed by atoms with Gasteiger partial charge in [0.2, 0.25) is 5.76 Å². The zero-order chi connectivity index (χ0) is 14.7. The molecular weight excluding hydrogens is 265 g/mol. The molecule has 20 heavy (non-hydrogen) atoms. The van der Waals surface area contributed by atoms with Gasteiger partial charge in [0, 0.05) is 13.6 Å². The zero-order valence-electron chi connectivity index (χ0n) is 10.7. The third-order valence-corrected chi connectivity index (χ3v) is 2.68. The summed E-state index contributed by atoms with van der Waals surface area (Å²) in [5.41, 5.74) is 0.630. The molecule has 0 fully saturated rings. The van der Waals surface area contributed by atoms with Crippen molar-refractivity contribution in [3.05, 3.63) is 59.3 Å². The van der Waals surface area contributed by atoms with Crippen LogP contribution in [0.25, 0.3) is 0 Å². The van der Waals surface area contributed by atoms with Crippen LogP contribution in [0.2, 0.25) is 0 Å². The second-order valence-corrected chi connectivity index (χ2v) is 4.26. The first kappa shape index (κ1) is 13.8. The predicted octanol–water partition coefficient (Wildman–Crippen LogP) is 2.39. The van der Waals surface area contributed by atoms with E-state index < -0.39 is 11.9 Å². The summed E-state index contributed by atoms with van der Waals surface area (Å²) >= 11 is 0. The Morgan fingerprint density at radius 3 is 2.55 bits per heavy atom. The number of carbonyl (C=O) groups is 2. The minimum Gasteiger partial charge on any atom is -0.475 e. The Balaban J connectivity index is 2.10. The maximum atomic E-state index is 13.0. The Labute approximate surface area is 114 Å². The minimum atomic E-state index is -1.24. The molecule has 0 saturated carbocycles. The van der Waals surface area contributed by atoms with E-state index in [0.717, 1.165) is 0 Å². The molecule has 6 heteroatoms. The van der Waals surface area contributed by atoms with Crippen LogP contribution in [0.4, 0.5) is 4.39 Å². The number of amides is 1. The Bertz CT molecular complexity index is 650.